The molecule has 1 atom stereocenters. The van der Waals surface area contributed by atoms with Gasteiger partial charge in [-0.05, 0) is 17.4 Å². The largest absolute Gasteiger partial charge is 0.384 e. The van der Waals surface area contributed by atoms with E-state index < -0.39 is 5.60 Å². The van der Waals surface area contributed by atoms with Crippen LogP contribution in [0.4, 0.5) is 0 Å². The van der Waals surface area contributed by atoms with Crippen molar-refractivity contribution in [3.63, 3.8) is 0 Å². The van der Waals surface area contributed by atoms with E-state index in [1.165, 1.54) is 0 Å². The maximum atomic E-state index is 11.0. The molecule has 128 valence electrons. The van der Waals surface area contributed by atoms with Gasteiger partial charge in [0.1, 0.15) is 5.60 Å². The standard InChI is InChI=1S/C19H30N2O2/c1-18(2,14-20-10-12-23-13-11-20)15-21-9-8-19(22,16-21)17-6-4-3-5-7-17/h3-7,22H,8-16H2,1-2H3. The van der Waals surface area contributed by atoms with E-state index >= 15 is 0 Å². The molecule has 2 aliphatic rings. The average Bonchev–Trinajstić information content (AvgIpc) is 2.90. The maximum Gasteiger partial charge on any atom is 0.103 e. The fourth-order valence-corrected chi connectivity index (χ4v) is 4.01. The molecule has 1 aromatic carbocycles. The molecule has 0 saturated carbocycles. The van der Waals surface area contributed by atoms with Gasteiger partial charge in [0.15, 0.2) is 0 Å². The summed E-state index contributed by atoms with van der Waals surface area (Å²) in [4.78, 5) is 4.93. The van der Waals surface area contributed by atoms with Crippen molar-refractivity contribution in [3.8, 4) is 0 Å². The van der Waals surface area contributed by atoms with E-state index in [1.807, 2.05) is 30.3 Å². The number of morpholine rings is 1. The molecule has 2 fully saturated rings. The Kier molecular flexibility index (Phi) is 5.07. The Balaban J connectivity index is 1.56. The first kappa shape index (κ1) is 16.9. The minimum absolute atomic E-state index is 0.222. The molecular weight excluding hydrogens is 288 g/mol. The van der Waals surface area contributed by atoms with Crippen LogP contribution in [0.2, 0.25) is 0 Å². The van der Waals surface area contributed by atoms with Crippen LogP contribution in [0.5, 0.6) is 0 Å². The molecule has 0 spiro atoms. The van der Waals surface area contributed by atoms with Gasteiger partial charge in [-0.2, -0.15) is 0 Å². The maximum absolute atomic E-state index is 11.0. The summed E-state index contributed by atoms with van der Waals surface area (Å²) >= 11 is 0. The molecular formula is C19H30N2O2. The van der Waals surface area contributed by atoms with Gasteiger partial charge in [-0.15, -0.1) is 0 Å². The fraction of sp³-hybridized carbons (Fsp3) is 0.684. The van der Waals surface area contributed by atoms with Gasteiger partial charge in [-0.1, -0.05) is 44.2 Å². The minimum atomic E-state index is -0.684. The number of benzene rings is 1. The van der Waals surface area contributed by atoms with Gasteiger partial charge in [0.2, 0.25) is 0 Å². The number of hydrogen-bond acceptors (Lipinski definition) is 4. The molecule has 0 aromatic heterocycles. The molecule has 4 nitrogen and oxygen atoms in total. The first-order valence-electron chi connectivity index (χ1n) is 8.77. The highest BCUT2D eigenvalue weighted by molar-refractivity contribution is 5.24. The second-order valence-electron chi connectivity index (χ2n) is 7.91. The monoisotopic (exact) mass is 318 g/mol. The van der Waals surface area contributed by atoms with Crippen molar-refractivity contribution in [1.82, 2.24) is 9.80 Å². The van der Waals surface area contributed by atoms with E-state index in [0.717, 1.165) is 64.5 Å². The molecule has 2 heterocycles. The first-order chi connectivity index (χ1) is 11.0. The van der Waals surface area contributed by atoms with Crippen LogP contribution in [0.15, 0.2) is 30.3 Å². The Labute approximate surface area is 140 Å². The SMILES string of the molecule is CC(C)(CN1CCOCC1)CN1CCC(O)(c2ccccc2)C1. The molecule has 0 aliphatic carbocycles. The summed E-state index contributed by atoms with van der Waals surface area (Å²) in [5.41, 5.74) is 0.587. The molecule has 0 radical (unpaired) electrons. The lowest BCUT2D eigenvalue weighted by Crippen LogP contribution is -2.46. The third-order valence-electron chi connectivity index (χ3n) is 5.04. The highest BCUT2D eigenvalue weighted by Gasteiger charge is 2.39. The summed E-state index contributed by atoms with van der Waals surface area (Å²) in [7, 11) is 0. The van der Waals surface area contributed by atoms with Crippen molar-refractivity contribution in [1.29, 1.82) is 0 Å². The Morgan fingerprint density at radius 2 is 1.70 bits per heavy atom. The lowest BCUT2D eigenvalue weighted by atomic mass is 9.91. The van der Waals surface area contributed by atoms with Crippen LogP contribution >= 0.6 is 0 Å². The second-order valence-corrected chi connectivity index (χ2v) is 7.91. The fourth-order valence-electron chi connectivity index (χ4n) is 4.01. The summed E-state index contributed by atoms with van der Waals surface area (Å²) < 4.78 is 5.44. The number of likely N-dealkylation sites (tertiary alicyclic amines) is 1. The lowest BCUT2D eigenvalue weighted by Gasteiger charge is -2.37. The number of rotatable bonds is 5. The third-order valence-corrected chi connectivity index (χ3v) is 5.04. The van der Waals surface area contributed by atoms with E-state index in [4.69, 9.17) is 4.74 Å². The normalized spacial score (nSPS) is 27.4. The predicted octanol–water partition coefficient (Wildman–Crippen LogP) is 1.94. The quantitative estimate of drug-likeness (QED) is 0.900. The smallest absolute Gasteiger partial charge is 0.103 e. The van der Waals surface area contributed by atoms with Crippen LogP contribution < -0.4 is 0 Å². The van der Waals surface area contributed by atoms with Gasteiger partial charge in [0, 0.05) is 39.3 Å². The molecule has 4 heteroatoms. The molecule has 1 aromatic rings. The highest BCUT2D eigenvalue weighted by Crippen LogP contribution is 2.33. The van der Waals surface area contributed by atoms with Gasteiger partial charge >= 0.3 is 0 Å². The minimum Gasteiger partial charge on any atom is -0.384 e. The van der Waals surface area contributed by atoms with E-state index in [1.54, 1.807) is 0 Å². The second kappa shape index (κ2) is 6.89. The molecule has 1 unspecified atom stereocenters. The van der Waals surface area contributed by atoms with Gasteiger partial charge < -0.3 is 9.84 Å². The van der Waals surface area contributed by atoms with Gasteiger partial charge in [0.05, 0.1) is 13.2 Å². The summed E-state index contributed by atoms with van der Waals surface area (Å²) in [6.45, 7) is 12.3. The Morgan fingerprint density at radius 3 is 2.39 bits per heavy atom. The zero-order valence-corrected chi connectivity index (χ0v) is 14.5. The zero-order chi connectivity index (χ0) is 16.3. The third kappa shape index (κ3) is 4.32. The van der Waals surface area contributed by atoms with Crippen LogP contribution in [-0.4, -0.2) is 67.4 Å². The Bertz CT molecular complexity index is 499. The molecule has 0 bridgehead atoms. The van der Waals surface area contributed by atoms with Crippen molar-refractivity contribution in [2.75, 3.05) is 52.5 Å². The van der Waals surface area contributed by atoms with Gasteiger partial charge in [-0.25, -0.2) is 0 Å². The van der Waals surface area contributed by atoms with Crippen molar-refractivity contribution >= 4 is 0 Å². The molecule has 2 saturated heterocycles. The van der Waals surface area contributed by atoms with Crippen molar-refractivity contribution in [2.45, 2.75) is 25.9 Å². The van der Waals surface area contributed by atoms with Crippen LogP contribution in [0.1, 0.15) is 25.8 Å². The van der Waals surface area contributed by atoms with Crippen LogP contribution in [-0.2, 0) is 10.3 Å². The molecule has 0 amide bonds. The molecule has 2 aliphatic heterocycles. The molecule has 23 heavy (non-hydrogen) atoms. The van der Waals surface area contributed by atoms with Gasteiger partial charge in [-0.3, -0.25) is 9.80 Å². The number of nitrogens with zero attached hydrogens (tertiary/aromatic N) is 2. The van der Waals surface area contributed by atoms with E-state index in [-0.39, 0.29) is 5.41 Å². The first-order valence-corrected chi connectivity index (χ1v) is 8.77. The van der Waals surface area contributed by atoms with Crippen LogP contribution in [0, 0.1) is 5.41 Å². The summed E-state index contributed by atoms with van der Waals surface area (Å²) in [5, 5.41) is 11.0. The van der Waals surface area contributed by atoms with Crippen molar-refractivity contribution < 1.29 is 9.84 Å². The summed E-state index contributed by atoms with van der Waals surface area (Å²) in [6.07, 6.45) is 0.824. The van der Waals surface area contributed by atoms with Crippen molar-refractivity contribution in [2.24, 2.45) is 5.41 Å². The van der Waals surface area contributed by atoms with Crippen LogP contribution in [0.25, 0.3) is 0 Å². The van der Waals surface area contributed by atoms with E-state index in [0.29, 0.717) is 0 Å². The predicted molar refractivity (Wildman–Crippen MR) is 92.4 cm³/mol. The molecule has 3 rings (SSSR count). The van der Waals surface area contributed by atoms with E-state index in [2.05, 4.69) is 23.6 Å². The Hall–Kier alpha value is -0.940. The number of ether oxygens (including phenoxy) is 1. The summed E-state index contributed by atoms with van der Waals surface area (Å²) in [6, 6.07) is 10.1. The van der Waals surface area contributed by atoms with Crippen LogP contribution in [0.3, 0.4) is 0 Å². The van der Waals surface area contributed by atoms with Crippen molar-refractivity contribution in [3.05, 3.63) is 35.9 Å². The topological polar surface area (TPSA) is 35.9 Å². The van der Waals surface area contributed by atoms with Gasteiger partial charge in [0.25, 0.3) is 0 Å². The van der Waals surface area contributed by atoms with E-state index in [9.17, 15) is 5.11 Å². The molecule has 1 N–H and O–H groups in total. The zero-order valence-electron chi connectivity index (χ0n) is 14.5. The average molecular weight is 318 g/mol. The lowest BCUT2D eigenvalue weighted by molar-refractivity contribution is 0.0116. The number of hydrogen-bond donors (Lipinski definition) is 1. The summed E-state index contributed by atoms with van der Waals surface area (Å²) in [5.74, 6) is 0. The highest BCUT2D eigenvalue weighted by atomic mass is 16.5. The Morgan fingerprint density at radius 1 is 1.04 bits per heavy atom. The number of aliphatic hydroxyl groups is 1. The number of β-amino-alcohol motifs (C(OH)–C–C–N with tert-alkyl or cyclic N) is 1.